The molecule has 29 heavy (non-hydrogen) atoms. The Bertz CT molecular complexity index is 1570. The third-order valence-corrected chi connectivity index (χ3v) is 7.25. The maximum atomic E-state index is 13.2. The fourth-order valence-corrected chi connectivity index (χ4v) is 5.55. The predicted octanol–water partition coefficient (Wildman–Crippen LogP) is 5.30. The summed E-state index contributed by atoms with van der Waals surface area (Å²) in [5.74, 6) is 0. The van der Waals surface area contributed by atoms with E-state index in [2.05, 4.69) is 46.9 Å². The van der Waals surface area contributed by atoms with E-state index in [4.69, 9.17) is 4.98 Å². The van der Waals surface area contributed by atoms with E-state index in [9.17, 15) is 4.57 Å². The molecule has 0 saturated heterocycles. The smallest absolute Gasteiger partial charge is 0.146 e. The summed E-state index contributed by atoms with van der Waals surface area (Å²) in [6, 6.07) is 32.5. The zero-order chi connectivity index (χ0) is 19.4. The molecule has 2 aromatic heterocycles. The maximum Gasteiger partial charge on any atom is 0.146 e. The highest BCUT2D eigenvalue weighted by molar-refractivity contribution is 7.61. The van der Waals surface area contributed by atoms with Crippen LogP contribution < -0.4 is 10.6 Å². The second kappa shape index (κ2) is 6.30. The van der Waals surface area contributed by atoms with Crippen LogP contribution in [0.1, 0.15) is 0 Å². The molecule has 2 heterocycles. The second-order valence-electron chi connectivity index (χ2n) is 7.23. The van der Waals surface area contributed by atoms with Crippen LogP contribution in [-0.4, -0.2) is 9.38 Å². The summed E-state index contributed by atoms with van der Waals surface area (Å²) in [5, 5.41) is 5.07. The Balaban J connectivity index is 1.75. The van der Waals surface area contributed by atoms with Crippen LogP contribution in [0.15, 0.2) is 97.1 Å². The fraction of sp³-hybridized carbons (Fsp3) is 0. The van der Waals surface area contributed by atoms with E-state index >= 15 is 0 Å². The first-order chi connectivity index (χ1) is 14.3. The summed E-state index contributed by atoms with van der Waals surface area (Å²) in [4.78, 5) is 4.94. The maximum absolute atomic E-state index is 13.2. The van der Waals surface area contributed by atoms with Gasteiger partial charge < -0.3 is 4.57 Å². The molecule has 0 radical (unpaired) electrons. The number of benzene rings is 4. The molecule has 0 fully saturated rings. The first-order valence-corrected chi connectivity index (χ1v) is 11.0. The van der Waals surface area contributed by atoms with Crippen molar-refractivity contribution in [1.82, 2.24) is 9.38 Å². The lowest BCUT2D eigenvalue weighted by molar-refractivity contribution is 0.598. The van der Waals surface area contributed by atoms with Crippen molar-refractivity contribution in [2.24, 2.45) is 0 Å². The summed E-state index contributed by atoms with van der Waals surface area (Å²) < 4.78 is 15.4. The number of nitrogens with zero attached hydrogens (tertiary/aromatic N) is 2. The van der Waals surface area contributed by atoms with E-state index in [1.165, 1.54) is 5.39 Å². The van der Waals surface area contributed by atoms with Crippen LogP contribution in [0, 0.1) is 0 Å². The molecule has 0 N–H and O–H groups in total. The third-order valence-electron chi connectivity index (χ3n) is 5.55. The summed E-state index contributed by atoms with van der Waals surface area (Å²) in [5.41, 5.74) is 4.09. The molecule has 6 rings (SSSR count). The highest BCUT2D eigenvalue weighted by Crippen LogP contribution is 2.33. The number of pyridine rings is 1. The Morgan fingerprint density at radius 1 is 0.621 bits per heavy atom. The second-order valence-corrected chi connectivity index (χ2v) is 9.05. The minimum atomic E-state index is -2.07. The Hall–Kier alpha value is -3.42. The molecule has 3 nitrogen and oxygen atoms in total. The van der Waals surface area contributed by atoms with Crippen molar-refractivity contribution in [2.45, 2.75) is 0 Å². The van der Waals surface area contributed by atoms with Gasteiger partial charge in [0.1, 0.15) is 13.4 Å². The van der Waals surface area contributed by atoms with Crippen LogP contribution in [0.5, 0.6) is 0 Å². The SMILES string of the molecule is O=[PH](c1ccccc1)c1ccc2c3ccccc3n3c4ccccc4nc3c2c1. The highest BCUT2D eigenvalue weighted by Gasteiger charge is 2.15. The van der Waals surface area contributed by atoms with Crippen molar-refractivity contribution in [3.8, 4) is 0 Å². The molecule has 0 aliphatic carbocycles. The van der Waals surface area contributed by atoms with Crippen molar-refractivity contribution in [1.29, 1.82) is 0 Å². The number of fused-ring (bicyclic) bond motifs is 8. The van der Waals surface area contributed by atoms with E-state index in [1.807, 2.05) is 54.6 Å². The molecule has 0 aliphatic rings. The monoisotopic (exact) mass is 392 g/mol. The van der Waals surface area contributed by atoms with Crippen LogP contribution in [0.25, 0.3) is 38.4 Å². The topological polar surface area (TPSA) is 34.4 Å². The molecule has 0 saturated carbocycles. The van der Waals surface area contributed by atoms with E-state index in [-0.39, 0.29) is 0 Å². The minimum Gasteiger partial charge on any atom is -0.317 e. The lowest BCUT2D eigenvalue weighted by Gasteiger charge is -2.10. The van der Waals surface area contributed by atoms with Gasteiger partial charge in [0.2, 0.25) is 0 Å². The van der Waals surface area contributed by atoms with Crippen molar-refractivity contribution in [3.63, 3.8) is 0 Å². The van der Waals surface area contributed by atoms with Gasteiger partial charge in [0, 0.05) is 21.4 Å². The van der Waals surface area contributed by atoms with E-state index in [1.54, 1.807) is 0 Å². The molecule has 4 heteroatoms. The van der Waals surface area contributed by atoms with Gasteiger partial charge in [-0.1, -0.05) is 72.8 Å². The van der Waals surface area contributed by atoms with E-state index < -0.39 is 7.80 Å². The number of hydrogen-bond acceptors (Lipinski definition) is 2. The highest BCUT2D eigenvalue weighted by atomic mass is 31.1. The minimum absolute atomic E-state index is 0.859. The summed E-state index contributed by atoms with van der Waals surface area (Å²) >= 11 is 0. The van der Waals surface area contributed by atoms with Crippen LogP contribution in [-0.2, 0) is 4.57 Å². The summed E-state index contributed by atoms with van der Waals surface area (Å²) in [6.07, 6.45) is 0. The number of rotatable bonds is 2. The fourth-order valence-electron chi connectivity index (χ4n) is 4.21. The Morgan fingerprint density at radius 2 is 1.34 bits per heavy atom. The van der Waals surface area contributed by atoms with Crippen LogP contribution in [0.4, 0.5) is 0 Å². The molecule has 0 bridgehead atoms. The van der Waals surface area contributed by atoms with Gasteiger partial charge in [-0.25, -0.2) is 4.98 Å². The predicted molar refractivity (Wildman–Crippen MR) is 122 cm³/mol. The van der Waals surface area contributed by atoms with Gasteiger partial charge >= 0.3 is 0 Å². The van der Waals surface area contributed by atoms with Gasteiger partial charge in [0.25, 0.3) is 0 Å². The molecule has 0 spiro atoms. The molecule has 1 unspecified atom stereocenters. The molecule has 138 valence electrons. The first-order valence-electron chi connectivity index (χ1n) is 9.63. The third kappa shape index (κ3) is 2.45. The number of hydrogen-bond donors (Lipinski definition) is 0. The standard InChI is InChI=1S/C25H17N2OP/c28-29(17-8-2-1-3-9-17)18-14-15-19-20-10-4-6-12-23(20)27-24-13-7-5-11-22(24)26-25(27)21(19)16-18/h1-16,29H. The normalized spacial score (nSPS) is 12.8. The van der Waals surface area contributed by atoms with Crippen molar-refractivity contribution < 1.29 is 4.57 Å². The van der Waals surface area contributed by atoms with Crippen LogP contribution in [0.3, 0.4) is 0 Å². The van der Waals surface area contributed by atoms with Gasteiger partial charge in [-0.3, -0.25) is 4.40 Å². The molecule has 0 amide bonds. The lowest BCUT2D eigenvalue weighted by Crippen LogP contribution is -2.06. The zero-order valence-electron chi connectivity index (χ0n) is 15.5. The van der Waals surface area contributed by atoms with Crippen LogP contribution >= 0.6 is 7.80 Å². The number of aromatic nitrogens is 2. The summed E-state index contributed by atoms with van der Waals surface area (Å²) in [7, 11) is -2.07. The van der Waals surface area contributed by atoms with Crippen LogP contribution in [0.2, 0.25) is 0 Å². The molecular weight excluding hydrogens is 375 g/mol. The molecular formula is C25H17N2OP. The van der Waals surface area contributed by atoms with E-state index in [0.29, 0.717) is 0 Å². The Kier molecular flexibility index (Phi) is 3.59. The van der Waals surface area contributed by atoms with E-state index in [0.717, 1.165) is 43.6 Å². The molecule has 4 aromatic carbocycles. The largest absolute Gasteiger partial charge is 0.317 e. The van der Waals surface area contributed by atoms with Gasteiger partial charge in [0.05, 0.1) is 16.6 Å². The summed E-state index contributed by atoms with van der Waals surface area (Å²) in [6.45, 7) is 0. The molecule has 1 atom stereocenters. The quantitative estimate of drug-likeness (QED) is 0.296. The Morgan fingerprint density at radius 3 is 2.21 bits per heavy atom. The zero-order valence-corrected chi connectivity index (χ0v) is 16.5. The average molecular weight is 392 g/mol. The van der Waals surface area contributed by atoms with Crippen molar-refractivity contribution in [2.75, 3.05) is 0 Å². The van der Waals surface area contributed by atoms with Gasteiger partial charge in [-0.2, -0.15) is 0 Å². The van der Waals surface area contributed by atoms with Crippen molar-refractivity contribution in [3.05, 3.63) is 97.1 Å². The van der Waals surface area contributed by atoms with Crippen molar-refractivity contribution >= 4 is 56.8 Å². The van der Waals surface area contributed by atoms with Gasteiger partial charge in [-0.15, -0.1) is 0 Å². The first kappa shape index (κ1) is 16.5. The lowest BCUT2D eigenvalue weighted by atomic mass is 10.1. The van der Waals surface area contributed by atoms with Gasteiger partial charge in [-0.05, 0) is 29.7 Å². The van der Waals surface area contributed by atoms with Gasteiger partial charge in [0.15, 0.2) is 0 Å². The number of para-hydroxylation sites is 3. The molecule has 0 aliphatic heterocycles. The Labute approximate surface area is 168 Å². The molecule has 6 aromatic rings. The number of imidazole rings is 1. The average Bonchev–Trinajstić information content (AvgIpc) is 3.19.